The van der Waals surface area contributed by atoms with Gasteiger partial charge in [0.15, 0.2) is 0 Å². The van der Waals surface area contributed by atoms with Crippen molar-refractivity contribution in [3.8, 4) is 11.1 Å². The highest BCUT2D eigenvalue weighted by Crippen LogP contribution is 2.25. The van der Waals surface area contributed by atoms with Gasteiger partial charge in [-0.2, -0.15) is 0 Å². The SMILES string of the molecule is C.C=C/C=C\C(C)c1ccc(-c2ccccc2C)cc1.CC. The van der Waals surface area contributed by atoms with Crippen molar-refractivity contribution in [3.63, 3.8) is 0 Å². The van der Waals surface area contributed by atoms with Gasteiger partial charge in [-0.25, -0.2) is 0 Å². The third-order valence-electron chi connectivity index (χ3n) is 3.43. The minimum absolute atomic E-state index is 0. The summed E-state index contributed by atoms with van der Waals surface area (Å²) >= 11 is 0. The van der Waals surface area contributed by atoms with Gasteiger partial charge in [0.05, 0.1) is 0 Å². The molecule has 0 amide bonds. The van der Waals surface area contributed by atoms with Gasteiger partial charge in [0.25, 0.3) is 0 Å². The Kier molecular flexibility index (Phi) is 9.61. The summed E-state index contributed by atoms with van der Waals surface area (Å²) in [5.74, 6) is 0.420. The van der Waals surface area contributed by atoms with Crippen LogP contribution in [-0.2, 0) is 0 Å². The zero-order valence-electron chi connectivity index (χ0n) is 13.6. The first kappa shape index (κ1) is 19.9. The molecule has 1 unspecified atom stereocenters. The second kappa shape index (κ2) is 10.6. The molecule has 0 spiro atoms. The average molecular weight is 294 g/mol. The van der Waals surface area contributed by atoms with E-state index in [1.165, 1.54) is 22.3 Å². The van der Waals surface area contributed by atoms with Crippen LogP contribution in [0.4, 0.5) is 0 Å². The van der Waals surface area contributed by atoms with E-state index in [4.69, 9.17) is 0 Å². The van der Waals surface area contributed by atoms with Crippen molar-refractivity contribution in [2.24, 2.45) is 0 Å². The zero-order valence-corrected chi connectivity index (χ0v) is 13.6. The Morgan fingerprint density at radius 1 is 0.955 bits per heavy atom. The van der Waals surface area contributed by atoms with Gasteiger partial charge in [0.1, 0.15) is 0 Å². The molecule has 2 aromatic carbocycles. The second-order valence-corrected chi connectivity index (χ2v) is 4.85. The smallest absolute Gasteiger partial charge is 0.000732 e. The molecule has 0 N–H and O–H groups in total. The lowest BCUT2D eigenvalue weighted by Crippen LogP contribution is -1.89. The Bertz CT molecular complexity index is 573. The van der Waals surface area contributed by atoms with Crippen LogP contribution in [0.3, 0.4) is 0 Å². The topological polar surface area (TPSA) is 0 Å². The molecule has 2 aromatic rings. The normalized spacial score (nSPS) is 11.1. The summed E-state index contributed by atoms with van der Waals surface area (Å²) in [6, 6.07) is 17.3. The molecule has 22 heavy (non-hydrogen) atoms. The molecule has 0 heterocycles. The monoisotopic (exact) mass is 294 g/mol. The molecule has 118 valence electrons. The highest BCUT2D eigenvalue weighted by Gasteiger charge is 2.03. The van der Waals surface area contributed by atoms with Crippen molar-refractivity contribution < 1.29 is 0 Å². The molecule has 0 saturated heterocycles. The predicted octanol–water partition coefficient (Wildman–Crippen LogP) is 7.17. The van der Waals surface area contributed by atoms with Crippen molar-refractivity contribution in [2.75, 3.05) is 0 Å². The Labute approximate surface area is 137 Å². The first-order chi connectivity index (χ1) is 10.2. The summed E-state index contributed by atoms with van der Waals surface area (Å²) < 4.78 is 0. The van der Waals surface area contributed by atoms with Gasteiger partial charge in [-0.3, -0.25) is 0 Å². The third kappa shape index (κ3) is 5.37. The van der Waals surface area contributed by atoms with Crippen LogP contribution < -0.4 is 0 Å². The molecular weight excluding hydrogens is 264 g/mol. The molecule has 0 fully saturated rings. The Balaban J connectivity index is 0.00000141. The molecule has 0 aliphatic rings. The van der Waals surface area contributed by atoms with Crippen LogP contribution in [0.1, 0.15) is 45.2 Å². The van der Waals surface area contributed by atoms with Gasteiger partial charge < -0.3 is 0 Å². The van der Waals surface area contributed by atoms with E-state index in [9.17, 15) is 0 Å². The van der Waals surface area contributed by atoms with Gasteiger partial charge in [0, 0.05) is 0 Å². The minimum Gasteiger partial charge on any atom is -0.0991 e. The Morgan fingerprint density at radius 2 is 1.55 bits per heavy atom. The van der Waals surface area contributed by atoms with Crippen LogP contribution in [0.2, 0.25) is 0 Å². The first-order valence-electron chi connectivity index (χ1n) is 7.67. The van der Waals surface area contributed by atoms with Crippen molar-refractivity contribution in [1.82, 2.24) is 0 Å². The predicted molar refractivity (Wildman–Crippen MR) is 102 cm³/mol. The number of hydrogen-bond acceptors (Lipinski definition) is 0. The van der Waals surface area contributed by atoms with E-state index in [0.717, 1.165) is 0 Å². The molecule has 0 aliphatic heterocycles. The van der Waals surface area contributed by atoms with Crippen molar-refractivity contribution in [1.29, 1.82) is 0 Å². The summed E-state index contributed by atoms with van der Waals surface area (Å²) in [6.07, 6.45) is 5.98. The summed E-state index contributed by atoms with van der Waals surface area (Å²) in [6.45, 7) is 12.1. The third-order valence-corrected chi connectivity index (χ3v) is 3.43. The molecular formula is C22H30. The minimum atomic E-state index is 0. The lowest BCUT2D eigenvalue weighted by molar-refractivity contribution is 0.968. The van der Waals surface area contributed by atoms with Gasteiger partial charge in [0.2, 0.25) is 0 Å². The largest absolute Gasteiger partial charge is 0.0991 e. The fourth-order valence-electron chi connectivity index (χ4n) is 2.22. The number of rotatable bonds is 4. The maximum absolute atomic E-state index is 3.70. The van der Waals surface area contributed by atoms with Gasteiger partial charge >= 0.3 is 0 Å². The molecule has 2 rings (SSSR count). The second-order valence-electron chi connectivity index (χ2n) is 4.85. The number of aryl methyl sites for hydroxylation is 1. The summed E-state index contributed by atoms with van der Waals surface area (Å²) in [4.78, 5) is 0. The zero-order chi connectivity index (χ0) is 15.7. The molecule has 0 heteroatoms. The molecule has 0 aliphatic carbocycles. The van der Waals surface area contributed by atoms with Crippen LogP contribution in [0.5, 0.6) is 0 Å². The lowest BCUT2D eigenvalue weighted by atomic mass is 9.95. The van der Waals surface area contributed by atoms with E-state index in [-0.39, 0.29) is 7.43 Å². The summed E-state index contributed by atoms with van der Waals surface area (Å²) in [5.41, 5.74) is 5.23. The standard InChI is InChI=1S/C19H20.C2H6.CH4/c1-4-5-8-15(2)17-11-13-18(14-12-17)19-10-7-6-9-16(19)3;1-2;/h4-15H,1H2,2-3H3;1-2H3;1H4/b8-5-;;. The highest BCUT2D eigenvalue weighted by atomic mass is 14.1. The van der Waals surface area contributed by atoms with Crippen LogP contribution in [0.15, 0.2) is 73.3 Å². The van der Waals surface area contributed by atoms with Gasteiger partial charge in [-0.15, -0.1) is 0 Å². The van der Waals surface area contributed by atoms with Crippen molar-refractivity contribution in [2.45, 2.75) is 41.0 Å². The maximum Gasteiger partial charge on any atom is -0.000732 e. The van der Waals surface area contributed by atoms with E-state index in [0.29, 0.717) is 5.92 Å². The van der Waals surface area contributed by atoms with E-state index in [2.05, 4.69) is 75.0 Å². The molecule has 0 aromatic heterocycles. The molecule has 0 radical (unpaired) electrons. The molecule has 0 bridgehead atoms. The Hall–Kier alpha value is -2.08. The first-order valence-corrected chi connectivity index (χ1v) is 7.67. The Morgan fingerprint density at radius 3 is 2.09 bits per heavy atom. The van der Waals surface area contributed by atoms with E-state index in [1.807, 2.05) is 26.0 Å². The fourth-order valence-corrected chi connectivity index (χ4v) is 2.22. The lowest BCUT2D eigenvalue weighted by Gasteiger charge is -2.09. The summed E-state index contributed by atoms with van der Waals surface area (Å²) in [5, 5.41) is 0. The molecule has 1 atom stereocenters. The molecule has 0 saturated carbocycles. The van der Waals surface area contributed by atoms with Crippen LogP contribution in [0.25, 0.3) is 11.1 Å². The quantitative estimate of drug-likeness (QED) is 0.524. The van der Waals surface area contributed by atoms with Crippen LogP contribution in [-0.4, -0.2) is 0 Å². The maximum atomic E-state index is 3.70. The van der Waals surface area contributed by atoms with Crippen molar-refractivity contribution in [3.05, 3.63) is 84.5 Å². The van der Waals surface area contributed by atoms with Gasteiger partial charge in [-0.05, 0) is 35.1 Å². The number of hydrogen-bond donors (Lipinski definition) is 0. The average Bonchev–Trinajstić information content (AvgIpc) is 2.55. The van der Waals surface area contributed by atoms with Crippen LogP contribution >= 0.6 is 0 Å². The van der Waals surface area contributed by atoms with Crippen molar-refractivity contribution >= 4 is 0 Å². The fraction of sp³-hybridized carbons (Fsp3) is 0.273. The van der Waals surface area contributed by atoms with Gasteiger partial charge in [-0.1, -0.05) is 102 Å². The molecule has 0 nitrogen and oxygen atoms in total. The number of allylic oxidation sites excluding steroid dienone is 3. The van der Waals surface area contributed by atoms with Crippen LogP contribution in [0, 0.1) is 6.92 Å². The number of benzene rings is 2. The summed E-state index contributed by atoms with van der Waals surface area (Å²) in [7, 11) is 0. The van der Waals surface area contributed by atoms with E-state index >= 15 is 0 Å². The highest BCUT2D eigenvalue weighted by molar-refractivity contribution is 5.67. The van der Waals surface area contributed by atoms with E-state index < -0.39 is 0 Å². The van der Waals surface area contributed by atoms with E-state index in [1.54, 1.807) is 0 Å².